The summed E-state index contributed by atoms with van der Waals surface area (Å²) in [5.41, 5.74) is 0.695. The molecule has 2 rings (SSSR count). The Balaban J connectivity index is 2.28. The zero-order valence-corrected chi connectivity index (χ0v) is 11.2. The van der Waals surface area contributed by atoms with Gasteiger partial charge < -0.3 is 5.11 Å². The number of hydrogen-bond donors (Lipinski definition) is 1. The Bertz CT molecular complexity index is 436. The number of nitrogens with zero attached hydrogens (tertiary/aromatic N) is 1. The maximum Gasteiger partial charge on any atom is 0.325 e. The molecule has 98 valence electrons. The molecule has 0 amide bonds. The molecule has 0 spiro atoms. The SMILES string of the molecule is CC1CCCN(C(C(=O)O)c2ccccc2Cl)C1. The molecule has 1 heterocycles. The summed E-state index contributed by atoms with van der Waals surface area (Å²) in [5, 5.41) is 10.0. The molecule has 3 nitrogen and oxygen atoms in total. The van der Waals surface area contributed by atoms with E-state index in [-0.39, 0.29) is 0 Å². The largest absolute Gasteiger partial charge is 0.480 e. The lowest BCUT2D eigenvalue weighted by molar-refractivity contribution is -0.144. The molecule has 2 atom stereocenters. The summed E-state index contributed by atoms with van der Waals surface area (Å²) in [6, 6.07) is 6.59. The van der Waals surface area contributed by atoms with Crippen LogP contribution in [0.3, 0.4) is 0 Å². The zero-order valence-electron chi connectivity index (χ0n) is 10.5. The first-order valence-electron chi connectivity index (χ1n) is 6.31. The zero-order chi connectivity index (χ0) is 13.1. The fraction of sp³-hybridized carbons (Fsp3) is 0.500. The molecule has 1 aliphatic heterocycles. The minimum absolute atomic E-state index is 0.531. The summed E-state index contributed by atoms with van der Waals surface area (Å²) >= 11 is 6.13. The number of piperidine rings is 1. The van der Waals surface area contributed by atoms with Crippen molar-refractivity contribution in [2.75, 3.05) is 13.1 Å². The van der Waals surface area contributed by atoms with Crippen LogP contribution in [0.5, 0.6) is 0 Å². The van der Waals surface area contributed by atoms with Crippen molar-refractivity contribution in [1.82, 2.24) is 4.90 Å². The van der Waals surface area contributed by atoms with Crippen LogP contribution in [0, 0.1) is 5.92 Å². The van der Waals surface area contributed by atoms with Crippen LogP contribution in [-0.4, -0.2) is 29.1 Å². The van der Waals surface area contributed by atoms with E-state index in [0.717, 1.165) is 19.5 Å². The molecule has 1 aliphatic rings. The molecule has 1 saturated heterocycles. The van der Waals surface area contributed by atoms with Crippen LogP contribution in [0.15, 0.2) is 24.3 Å². The number of benzene rings is 1. The van der Waals surface area contributed by atoms with E-state index < -0.39 is 12.0 Å². The molecule has 4 heteroatoms. The second kappa shape index (κ2) is 5.72. The number of carbonyl (C=O) groups is 1. The van der Waals surface area contributed by atoms with E-state index in [1.54, 1.807) is 12.1 Å². The summed E-state index contributed by atoms with van der Waals surface area (Å²) in [6.45, 7) is 3.81. The summed E-state index contributed by atoms with van der Waals surface area (Å²) in [4.78, 5) is 13.6. The van der Waals surface area contributed by atoms with E-state index in [4.69, 9.17) is 11.6 Å². The van der Waals surface area contributed by atoms with Crippen LogP contribution in [0.2, 0.25) is 5.02 Å². The summed E-state index contributed by atoms with van der Waals surface area (Å²) in [7, 11) is 0. The van der Waals surface area contributed by atoms with E-state index in [9.17, 15) is 9.90 Å². The number of aliphatic carboxylic acids is 1. The highest BCUT2D eigenvalue weighted by Crippen LogP contribution is 2.31. The van der Waals surface area contributed by atoms with Crippen molar-refractivity contribution < 1.29 is 9.90 Å². The first kappa shape index (κ1) is 13.4. The average molecular weight is 268 g/mol. The van der Waals surface area contributed by atoms with E-state index in [1.807, 2.05) is 17.0 Å². The summed E-state index contributed by atoms with van der Waals surface area (Å²) in [6.07, 6.45) is 2.22. The number of likely N-dealkylation sites (tertiary alicyclic amines) is 1. The van der Waals surface area contributed by atoms with Crippen molar-refractivity contribution in [3.8, 4) is 0 Å². The molecule has 1 N–H and O–H groups in total. The Morgan fingerprint density at radius 1 is 1.50 bits per heavy atom. The predicted octanol–water partition coefficient (Wildman–Crippen LogP) is 3.20. The minimum atomic E-state index is -0.822. The second-order valence-electron chi connectivity index (χ2n) is 5.00. The monoisotopic (exact) mass is 267 g/mol. The molecule has 18 heavy (non-hydrogen) atoms. The van der Waals surface area contributed by atoms with Crippen molar-refractivity contribution >= 4 is 17.6 Å². The Morgan fingerprint density at radius 3 is 2.83 bits per heavy atom. The highest BCUT2D eigenvalue weighted by molar-refractivity contribution is 6.31. The highest BCUT2D eigenvalue weighted by Gasteiger charge is 2.31. The van der Waals surface area contributed by atoms with Gasteiger partial charge in [-0.25, -0.2) is 0 Å². The van der Waals surface area contributed by atoms with Crippen molar-refractivity contribution in [3.63, 3.8) is 0 Å². The molecule has 1 aromatic rings. The smallest absolute Gasteiger partial charge is 0.325 e. The first-order valence-corrected chi connectivity index (χ1v) is 6.68. The van der Waals surface area contributed by atoms with E-state index >= 15 is 0 Å². The lowest BCUT2D eigenvalue weighted by Crippen LogP contribution is -2.40. The van der Waals surface area contributed by atoms with Crippen LogP contribution in [0.25, 0.3) is 0 Å². The minimum Gasteiger partial charge on any atom is -0.480 e. The van der Waals surface area contributed by atoms with Gasteiger partial charge in [0, 0.05) is 11.6 Å². The lowest BCUT2D eigenvalue weighted by Gasteiger charge is -2.35. The second-order valence-corrected chi connectivity index (χ2v) is 5.41. The Hall–Kier alpha value is -1.06. The fourth-order valence-electron chi connectivity index (χ4n) is 2.64. The Morgan fingerprint density at radius 2 is 2.22 bits per heavy atom. The third kappa shape index (κ3) is 2.85. The fourth-order valence-corrected chi connectivity index (χ4v) is 2.88. The topological polar surface area (TPSA) is 40.5 Å². The third-order valence-corrected chi connectivity index (χ3v) is 3.83. The molecular weight excluding hydrogens is 250 g/mol. The molecule has 1 fully saturated rings. The van der Waals surface area contributed by atoms with Gasteiger partial charge in [-0.2, -0.15) is 0 Å². The predicted molar refractivity (Wildman–Crippen MR) is 71.8 cm³/mol. The number of carboxylic acids is 1. The van der Waals surface area contributed by atoms with Gasteiger partial charge in [0.2, 0.25) is 0 Å². The number of hydrogen-bond acceptors (Lipinski definition) is 2. The van der Waals surface area contributed by atoms with Crippen LogP contribution >= 0.6 is 11.6 Å². The maximum atomic E-state index is 11.6. The van der Waals surface area contributed by atoms with E-state index in [1.165, 1.54) is 6.42 Å². The average Bonchev–Trinajstić information content (AvgIpc) is 2.32. The van der Waals surface area contributed by atoms with Gasteiger partial charge >= 0.3 is 5.97 Å². The van der Waals surface area contributed by atoms with Gasteiger partial charge in [0.05, 0.1) is 0 Å². The van der Waals surface area contributed by atoms with Crippen molar-refractivity contribution in [1.29, 1.82) is 0 Å². The highest BCUT2D eigenvalue weighted by atomic mass is 35.5. The van der Waals surface area contributed by atoms with Gasteiger partial charge in [0.15, 0.2) is 0 Å². The quantitative estimate of drug-likeness (QED) is 0.914. The van der Waals surface area contributed by atoms with Crippen molar-refractivity contribution in [3.05, 3.63) is 34.9 Å². The normalized spacial score (nSPS) is 22.7. The summed E-state index contributed by atoms with van der Waals surface area (Å²) < 4.78 is 0. The molecular formula is C14H18ClNO2. The van der Waals surface area contributed by atoms with Crippen LogP contribution in [-0.2, 0) is 4.79 Å². The molecule has 1 aromatic carbocycles. The van der Waals surface area contributed by atoms with Crippen LogP contribution in [0.1, 0.15) is 31.4 Å². The van der Waals surface area contributed by atoms with Gasteiger partial charge in [-0.1, -0.05) is 36.7 Å². The lowest BCUT2D eigenvalue weighted by atomic mass is 9.96. The third-order valence-electron chi connectivity index (χ3n) is 3.49. The molecule has 0 aromatic heterocycles. The Kier molecular flexibility index (Phi) is 4.25. The Labute approximate surface area is 112 Å². The number of carboxylic acid groups (broad SMARTS) is 1. The molecule has 2 unspecified atom stereocenters. The van der Waals surface area contributed by atoms with Crippen LogP contribution < -0.4 is 0 Å². The number of rotatable bonds is 3. The summed E-state index contributed by atoms with van der Waals surface area (Å²) in [5.74, 6) is -0.278. The molecule has 0 saturated carbocycles. The van der Waals surface area contributed by atoms with Crippen LogP contribution in [0.4, 0.5) is 0 Å². The maximum absolute atomic E-state index is 11.6. The van der Waals surface area contributed by atoms with E-state index in [2.05, 4.69) is 6.92 Å². The molecule has 0 radical (unpaired) electrons. The van der Waals surface area contributed by atoms with Gasteiger partial charge in [-0.15, -0.1) is 0 Å². The van der Waals surface area contributed by atoms with Crippen molar-refractivity contribution in [2.45, 2.75) is 25.8 Å². The molecule has 0 bridgehead atoms. The first-order chi connectivity index (χ1) is 8.59. The van der Waals surface area contributed by atoms with Gasteiger partial charge in [0.25, 0.3) is 0 Å². The standard InChI is InChI=1S/C14H18ClNO2/c1-10-5-4-8-16(9-10)13(14(17)18)11-6-2-3-7-12(11)15/h2-3,6-7,10,13H,4-5,8-9H2,1H3,(H,17,18). The number of halogens is 1. The van der Waals surface area contributed by atoms with Crippen molar-refractivity contribution in [2.24, 2.45) is 5.92 Å². The van der Waals surface area contributed by atoms with E-state index in [0.29, 0.717) is 16.5 Å². The molecule has 0 aliphatic carbocycles. The van der Waals surface area contributed by atoms with Gasteiger partial charge in [0.1, 0.15) is 6.04 Å². The van der Waals surface area contributed by atoms with Gasteiger partial charge in [-0.3, -0.25) is 9.69 Å². The van der Waals surface area contributed by atoms with Gasteiger partial charge in [-0.05, 0) is 36.9 Å².